The fourth-order valence-electron chi connectivity index (χ4n) is 1.95. The normalized spacial score (nSPS) is 16.7. The molecular weight excluding hydrogens is 191 g/mol. The molecule has 0 radical (unpaired) electrons. The van der Waals surface area contributed by atoms with Crippen molar-refractivity contribution in [2.75, 3.05) is 0 Å². The molecule has 1 saturated carbocycles. The van der Waals surface area contributed by atoms with Crippen molar-refractivity contribution in [3.8, 4) is 5.75 Å². The average molecular weight is 206 g/mol. The quantitative estimate of drug-likeness (QED) is 0.715. The first kappa shape index (κ1) is 10.5. The standard InChI is InChI=1S/C11H15BO3/c13-12(14)9-4-3-7-11(8-9)15-10-5-1-2-6-10/h3-4,7-8,10,13-14H,1-2,5-6H2. The lowest BCUT2D eigenvalue weighted by Gasteiger charge is -2.13. The second-order valence-corrected chi connectivity index (χ2v) is 3.97. The minimum Gasteiger partial charge on any atom is -0.490 e. The zero-order valence-corrected chi connectivity index (χ0v) is 8.60. The summed E-state index contributed by atoms with van der Waals surface area (Å²) in [6, 6.07) is 6.98. The minimum absolute atomic E-state index is 0.302. The Morgan fingerprint density at radius 3 is 2.60 bits per heavy atom. The van der Waals surface area contributed by atoms with Gasteiger partial charge in [0.1, 0.15) is 5.75 Å². The molecule has 0 heterocycles. The van der Waals surface area contributed by atoms with Crippen LogP contribution in [0.2, 0.25) is 0 Å². The van der Waals surface area contributed by atoms with Crippen LogP contribution in [-0.4, -0.2) is 23.3 Å². The van der Waals surface area contributed by atoms with Gasteiger partial charge in [-0.25, -0.2) is 0 Å². The van der Waals surface area contributed by atoms with Crippen molar-refractivity contribution < 1.29 is 14.8 Å². The van der Waals surface area contributed by atoms with Crippen LogP contribution in [0.5, 0.6) is 5.75 Å². The lowest BCUT2D eigenvalue weighted by Crippen LogP contribution is -2.29. The first-order valence-corrected chi connectivity index (χ1v) is 5.38. The molecule has 0 saturated heterocycles. The van der Waals surface area contributed by atoms with E-state index in [-0.39, 0.29) is 0 Å². The van der Waals surface area contributed by atoms with Crippen molar-refractivity contribution in [2.45, 2.75) is 31.8 Å². The molecule has 0 atom stereocenters. The second-order valence-electron chi connectivity index (χ2n) is 3.97. The molecule has 0 aliphatic heterocycles. The molecule has 3 nitrogen and oxygen atoms in total. The Bertz CT molecular complexity index is 321. The summed E-state index contributed by atoms with van der Waals surface area (Å²) in [7, 11) is -1.42. The highest BCUT2D eigenvalue weighted by molar-refractivity contribution is 6.58. The van der Waals surface area contributed by atoms with Crippen LogP contribution in [0.15, 0.2) is 24.3 Å². The van der Waals surface area contributed by atoms with Crippen LogP contribution in [-0.2, 0) is 0 Å². The van der Waals surface area contributed by atoms with E-state index in [9.17, 15) is 0 Å². The summed E-state index contributed by atoms with van der Waals surface area (Å²) in [5, 5.41) is 18.0. The first-order chi connectivity index (χ1) is 7.25. The summed E-state index contributed by atoms with van der Waals surface area (Å²) < 4.78 is 5.74. The Morgan fingerprint density at radius 1 is 1.20 bits per heavy atom. The van der Waals surface area contributed by atoms with E-state index in [0.717, 1.165) is 18.6 Å². The van der Waals surface area contributed by atoms with E-state index in [4.69, 9.17) is 14.8 Å². The van der Waals surface area contributed by atoms with Gasteiger partial charge >= 0.3 is 7.12 Å². The van der Waals surface area contributed by atoms with Gasteiger partial charge in [0.25, 0.3) is 0 Å². The molecule has 0 amide bonds. The molecule has 80 valence electrons. The predicted molar refractivity (Wildman–Crippen MR) is 59.2 cm³/mol. The van der Waals surface area contributed by atoms with E-state index in [0.29, 0.717) is 11.6 Å². The number of benzene rings is 1. The molecule has 0 aromatic heterocycles. The lowest BCUT2D eigenvalue weighted by molar-refractivity contribution is 0.210. The SMILES string of the molecule is OB(O)c1cccc(OC2CCCC2)c1. The molecule has 1 aromatic carbocycles. The van der Waals surface area contributed by atoms with Gasteiger partial charge in [0, 0.05) is 0 Å². The summed E-state index contributed by atoms with van der Waals surface area (Å²) in [6.07, 6.45) is 4.97. The van der Waals surface area contributed by atoms with Crippen LogP contribution in [0.3, 0.4) is 0 Å². The fraction of sp³-hybridized carbons (Fsp3) is 0.455. The Balaban J connectivity index is 2.04. The number of hydrogen-bond donors (Lipinski definition) is 2. The molecule has 1 fully saturated rings. The third kappa shape index (κ3) is 2.73. The summed E-state index contributed by atoms with van der Waals surface area (Å²) in [5.74, 6) is 0.729. The van der Waals surface area contributed by atoms with Gasteiger partial charge in [0.05, 0.1) is 6.10 Å². The van der Waals surface area contributed by atoms with E-state index >= 15 is 0 Å². The monoisotopic (exact) mass is 206 g/mol. The van der Waals surface area contributed by atoms with E-state index in [2.05, 4.69) is 0 Å². The largest absolute Gasteiger partial charge is 0.490 e. The first-order valence-electron chi connectivity index (χ1n) is 5.38. The Labute approximate surface area is 89.8 Å². The van der Waals surface area contributed by atoms with Crippen LogP contribution in [0, 0.1) is 0 Å². The third-order valence-corrected chi connectivity index (χ3v) is 2.76. The lowest BCUT2D eigenvalue weighted by atomic mass is 9.80. The molecule has 1 aromatic rings. The van der Waals surface area contributed by atoms with Gasteiger partial charge in [0.2, 0.25) is 0 Å². The van der Waals surface area contributed by atoms with Crippen LogP contribution in [0.4, 0.5) is 0 Å². The maximum absolute atomic E-state index is 9.01. The number of rotatable bonds is 3. The van der Waals surface area contributed by atoms with Gasteiger partial charge in [-0.1, -0.05) is 12.1 Å². The van der Waals surface area contributed by atoms with E-state index in [1.807, 2.05) is 6.07 Å². The molecule has 2 rings (SSSR count). The van der Waals surface area contributed by atoms with Crippen LogP contribution < -0.4 is 10.2 Å². The van der Waals surface area contributed by atoms with Crippen molar-refractivity contribution in [1.82, 2.24) is 0 Å². The highest BCUT2D eigenvalue weighted by Crippen LogP contribution is 2.23. The molecule has 0 spiro atoms. The molecular formula is C11H15BO3. The van der Waals surface area contributed by atoms with Gasteiger partial charge in [-0.05, 0) is 43.3 Å². The van der Waals surface area contributed by atoms with Crippen molar-refractivity contribution >= 4 is 12.6 Å². The van der Waals surface area contributed by atoms with Crippen LogP contribution in [0.1, 0.15) is 25.7 Å². The third-order valence-electron chi connectivity index (χ3n) is 2.76. The van der Waals surface area contributed by atoms with Gasteiger partial charge in [0.15, 0.2) is 0 Å². The van der Waals surface area contributed by atoms with Gasteiger partial charge in [-0.3, -0.25) is 0 Å². The van der Waals surface area contributed by atoms with E-state index in [1.165, 1.54) is 12.8 Å². The topological polar surface area (TPSA) is 49.7 Å². The summed E-state index contributed by atoms with van der Waals surface area (Å²) in [4.78, 5) is 0. The Hall–Kier alpha value is -0.995. The van der Waals surface area contributed by atoms with Crippen molar-refractivity contribution in [1.29, 1.82) is 0 Å². The highest BCUT2D eigenvalue weighted by atomic mass is 16.5. The van der Waals surface area contributed by atoms with Crippen LogP contribution >= 0.6 is 0 Å². The molecule has 15 heavy (non-hydrogen) atoms. The van der Waals surface area contributed by atoms with E-state index < -0.39 is 7.12 Å². The van der Waals surface area contributed by atoms with Crippen molar-refractivity contribution in [3.63, 3.8) is 0 Å². The maximum Gasteiger partial charge on any atom is 0.488 e. The summed E-state index contributed by atoms with van der Waals surface area (Å²) >= 11 is 0. The number of hydrogen-bond acceptors (Lipinski definition) is 3. The molecule has 0 bridgehead atoms. The summed E-state index contributed by atoms with van der Waals surface area (Å²) in [6.45, 7) is 0. The summed E-state index contributed by atoms with van der Waals surface area (Å²) in [5.41, 5.74) is 0.477. The maximum atomic E-state index is 9.01. The van der Waals surface area contributed by atoms with Crippen LogP contribution in [0.25, 0.3) is 0 Å². The van der Waals surface area contributed by atoms with Crippen molar-refractivity contribution in [2.24, 2.45) is 0 Å². The molecule has 1 aliphatic carbocycles. The van der Waals surface area contributed by atoms with Gasteiger partial charge in [-0.2, -0.15) is 0 Å². The van der Waals surface area contributed by atoms with E-state index in [1.54, 1.807) is 18.2 Å². The molecule has 1 aliphatic rings. The van der Waals surface area contributed by atoms with Gasteiger partial charge < -0.3 is 14.8 Å². The van der Waals surface area contributed by atoms with Crippen molar-refractivity contribution in [3.05, 3.63) is 24.3 Å². The van der Waals surface area contributed by atoms with Gasteiger partial charge in [-0.15, -0.1) is 0 Å². The fourth-order valence-corrected chi connectivity index (χ4v) is 1.95. The average Bonchev–Trinajstić information content (AvgIpc) is 2.71. The predicted octanol–water partition coefficient (Wildman–Crippen LogP) is 0.688. The highest BCUT2D eigenvalue weighted by Gasteiger charge is 2.17. The smallest absolute Gasteiger partial charge is 0.488 e. The molecule has 2 N–H and O–H groups in total. The minimum atomic E-state index is -1.42. The zero-order valence-electron chi connectivity index (χ0n) is 8.60. The zero-order chi connectivity index (χ0) is 10.7. The molecule has 0 unspecified atom stereocenters. The number of ether oxygens (including phenoxy) is 1. The molecule has 4 heteroatoms. The second kappa shape index (κ2) is 4.68. The Kier molecular flexibility index (Phi) is 3.28. The Morgan fingerprint density at radius 2 is 1.93 bits per heavy atom.